The fraction of sp³-hybridized carbons (Fsp3) is 0.436. The third-order valence-corrected chi connectivity index (χ3v) is 9.11. The number of nitrogens with zero attached hydrogens (tertiary/aromatic N) is 1. The molecule has 5 nitrogen and oxygen atoms in total. The Kier molecular flexibility index (Phi) is 10.9. The van der Waals surface area contributed by atoms with Gasteiger partial charge in [-0.1, -0.05) is 131 Å². The lowest BCUT2D eigenvalue weighted by atomic mass is 9.93. The van der Waals surface area contributed by atoms with E-state index in [0.29, 0.717) is 19.3 Å². The van der Waals surface area contributed by atoms with Crippen molar-refractivity contribution in [3.63, 3.8) is 0 Å². The van der Waals surface area contributed by atoms with E-state index >= 15 is 0 Å². The highest BCUT2D eigenvalue weighted by Gasteiger charge is 2.51. The van der Waals surface area contributed by atoms with Gasteiger partial charge in [-0.05, 0) is 60.6 Å². The van der Waals surface area contributed by atoms with Gasteiger partial charge in [-0.3, -0.25) is 4.79 Å². The number of carboxylic acids is 1. The average molecular weight is 594 g/mol. The average Bonchev–Trinajstić information content (AvgIpc) is 3.79. The lowest BCUT2D eigenvalue weighted by Crippen LogP contribution is -2.19. The number of aliphatic carboxylic acids is 1. The highest BCUT2D eigenvalue weighted by atomic mass is 16.5. The molecule has 1 saturated carbocycles. The van der Waals surface area contributed by atoms with E-state index < -0.39 is 11.4 Å². The van der Waals surface area contributed by atoms with E-state index in [0.717, 1.165) is 58.0 Å². The Bertz CT molecular complexity index is 1480. The van der Waals surface area contributed by atoms with E-state index in [-0.39, 0.29) is 0 Å². The van der Waals surface area contributed by atoms with E-state index in [1.54, 1.807) is 0 Å². The van der Waals surface area contributed by atoms with Crippen molar-refractivity contribution in [2.75, 3.05) is 6.61 Å². The Labute approximate surface area is 262 Å². The standard InChI is InChI=1S/C39H47NO4/c1-3-4-5-6-7-8-9-10-11-12-26-43-35-15-13-14-30(27-35)28-36-29(2)40-44-37(36)33-18-16-31(17-19-33)32-20-22-34(23-21-32)39(24-25-39)38(41)42/h13-23,27H,3-12,24-26,28H2,1-2H3,(H,41,42). The topological polar surface area (TPSA) is 72.6 Å². The van der Waals surface area contributed by atoms with Crippen molar-refractivity contribution in [2.24, 2.45) is 0 Å². The monoisotopic (exact) mass is 593 g/mol. The van der Waals surface area contributed by atoms with Crippen LogP contribution in [0.2, 0.25) is 0 Å². The Morgan fingerprint density at radius 1 is 0.818 bits per heavy atom. The number of benzene rings is 3. The fourth-order valence-electron chi connectivity index (χ4n) is 6.10. The molecule has 1 aliphatic carbocycles. The van der Waals surface area contributed by atoms with Crippen molar-refractivity contribution in [3.05, 3.63) is 95.2 Å². The Hall–Kier alpha value is -3.86. The second-order valence-corrected chi connectivity index (χ2v) is 12.5. The van der Waals surface area contributed by atoms with Crippen LogP contribution in [0, 0.1) is 6.92 Å². The molecule has 0 spiro atoms. The third-order valence-electron chi connectivity index (χ3n) is 9.11. The zero-order valence-corrected chi connectivity index (χ0v) is 26.4. The summed E-state index contributed by atoms with van der Waals surface area (Å²) in [5, 5.41) is 13.9. The zero-order chi connectivity index (χ0) is 30.8. The van der Waals surface area contributed by atoms with Crippen LogP contribution in [0.1, 0.15) is 106 Å². The minimum atomic E-state index is -0.726. The van der Waals surface area contributed by atoms with E-state index in [4.69, 9.17) is 9.26 Å². The Morgan fingerprint density at radius 2 is 1.41 bits per heavy atom. The molecule has 0 unspecified atom stereocenters. The van der Waals surface area contributed by atoms with E-state index in [2.05, 4.69) is 54.5 Å². The van der Waals surface area contributed by atoms with Crippen molar-refractivity contribution in [1.29, 1.82) is 0 Å². The van der Waals surface area contributed by atoms with Gasteiger partial charge in [0, 0.05) is 17.5 Å². The lowest BCUT2D eigenvalue weighted by Gasteiger charge is -2.11. The van der Waals surface area contributed by atoms with Gasteiger partial charge in [0.25, 0.3) is 0 Å². The van der Waals surface area contributed by atoms with Gasteiger partial charge in [0.15, 0.2) is 5.76 Å². The molecule has 3 aromatic carbocycles. The molecule has 1 aliphatic rings. The van der Waals surface area contributed by atoms with E-state index in [9.17, 15) is 9.90 Å². The third kappa shape index (κ3) is 7.99. The maximum Gasteiger partial charge on any atom is 0.314 e. The minimum Gasteiger partial charge on any atom is -0.494 e. The fourth-order valence-corrected chi connectivity index (χ4v) is 6.10. The second kappa shape index (κ2) is 15.2. The number of carbonyl (C=O) groups is 1. The molecular formula is C39H47NO4. The lowest BCUT2D eigenvalue weighted by molar-refractivity contribution is -0.140. The summed E-state index contributed by atoms with van der Waals surface area (Å²) in [7, 11) is 0. The Morgan fingerprint density at radius 3 is 2.02 bits per heavy atom. The van der Waals surface area contributed by atoms with Crippen LogP contribution in [0.25, 0.3) is 22.5 Å². The molecule has 0 bridgehead atoms. The molecular weight excluding hydrogens is 546 g/mol. The smallest absolute Gasteiger partial charge is 0.314 e. The highest BCUT2D eigenvalue weighted by molar-refractivity contribution is 5.85. The molecule has 1 heterocycles. The summed E-state index contributed by atoms with van der Waals surface area (Å²) in [5.74, 6) is 0.981. The number of rotatable bonds is 18. The SMILES string of the molecule is CCCCCCCCCCCCOc1cccc(Cc2c(C)noc2-c2ccc(-c3ccc(C4(C(=O)O)CC4)cc3)cc2)c1. The first-order valence-corrected chi connectivity index (χ1v) is 16.6. The molecule has 0 amide bonds. The van der Waals surface area contributed by atoms with Gasteiger partial charge >= 0.3 is 5.97 Å². The number of hydrogen-bond acceptors (Lipinski definition) is 4. The number of unbranched alkanes of at least 4 members (excludes halogenated alkanes) is 9. The number of hydrogen-bond donors (Lipinski definition) is 1. The number of ether oxygens (including phenoxy) is 1. The van der Waals surface area contributed by atoms with Crippen molar-refractivity contribution < 1.29 is 19.2 Å². The first-order chi connectivity index (χ1) is 21.5. The molecule has 1 N–H and O–H groups in total. The van der Waals surface area contributed by atoms with Crippen molar-refractivity contribution in [1.82, 2.24) is 5.16 Å². The number of aryl methyl sites for hydroxylation is 1. The summed E-state index contributed by atoms with van der Waals surface area (Å²) in [5.41, 5.74) is 6.47. The molecule has 0 saturated heterocycles. The van der Waals surface area contributed by atoms with Crippen LogP contribution in [0.3, 0.4) is 0 Å². The van der Waals surface area contributed by atoms with Crippen LogP contribution in [0.5, 0.6) is 5.75 Å². The van der Waals surface area contributed by atoms with Crippen molar-refractivity contribution >= 4 is 5.97 Å². The summed E-state index contributed by atoms with van der Waals surface area (Å²) in [6, 6.07) is 24.6. The van der Waals surface area contributed by atoms with Gasteiger partial charge in [-0.15, -0.1) is 0 Å². The first kappa shape index (κ1) is 31.6. The largest absolute Gasteiger partial charge is 0.494 e. The molecule has 4 aromatic rings. The molecule has 0 atom stereocenters. The molecule has 5 rings (SSSR count). The maximum atomic E-state index is 11.7. The van der Waals surface area contributed by atoms with Gasteiger partial charge in [-0.25, -0.2) is 0 Å². The van der Waals surface area contributed by atoms with Gasteiger partial charge in [0.2, 0.25) is 0 Å². The van der Waals surface area contributed by atoms with Crippen LogP contribution >= 0.6 is 0 Å². The molecule has 232 valence electrons. The highest BCUT2D eigenvalue weighted by Crippen LogP contribution is 2.48. The van der Waals surface area contributed by atoms with E-state index in [1.807, 2.05) is 37.3 Å². The minimum absolute atomic E-state index is 0.679. The van der Waals surface area contributed by atoms with Crippen LogP contribution in [0.4, 0.5) is 0 Å². The first-order valence-electron chi connectivity index (χ1n) is 16.6. The molecule has 0 aliphatic heterocycles. The predicted molar refractivity (Wildman–Crippen MR) is 177 cm³/mol. The summed E-state index contributed by atoms with van der Waals surface area (Å²) < 4.78 is 11.9. The van der Waals surface area contributed by atoms with Crippen molar-refractivity contribution in [2.45, 2.75) is 103 Å². The van der Waals surface area contributed by atoms with Gasteiger partial charge in [0.1, 0.15) is 5.75 Å². The quantitative estimate of drug-likeness (QED) is 0.116. The summed E-state index contributed by atoms with van der Waals surface area (Å²) in [6.07, 6.45) is 15.3. The molecule has 44 heavy (non-hydrogen) atoms. The van der Waals surface area contributed by atoms with E-state index in [1.165, 1.54) is 63.4 Å². The maximum absolute atomic E-state index is 11.7. The van der Waals surface area contributed by atoms with Crippen LogP contribution in [-0.2, 0) is 16.6 Å². The number of aromatic nitrogens is 1. The summed E-state index contributed by atoms with van der Waals surface area (Å²) in [6.45, 7) is 5.02. The molecule has 5 heteroatoms. The normalized spacial score (nSPS) is 13.6. The van der Waals surface area contributed by atoms with Crippen LogP contribution < -0.4 is 4.74 Å². The molecule has 1 fully saturated rings. The van der Waals surface area contributed by atoms with Gasteiger partial charge in [-0.2, -0.15) is 0 Å². The number of carboxylic acid groups (broad SMARTS) is 1. The van der Waals surface area contributed by atoms with Crippen LogP contribution in [0.15, 0.2) is 77.3 Å². The van der Waals surface area contributed by atoms with Crippen LogP contribution in [-0.4, -0.2) is 22.8 Å². The molecule has 0 radical (unpaired) electrons. The van der Waals surface area contributed by atoms with Gasteiger partial charge < -0.3 is 14.4 Å². The Balaban J connectivity index is 1.13. The summed E-state index contributed by atoms with van der Waals surface area (Å²) in [4.78, 5) is 11.7. The second-order valence-electron chi connectivity index (χ2n) is 12.5. The molecule has 1 aromatic heterocycles. The zero-order valence-electron chi connectivity index (χ0n) is 26.4. The van der Waals surface area contributed by atoms with Crippen molar-refractivity contribution in [3.8, 4) is 28.2 Å². The van der Waals surface area contributed by atoms with Gasteiger partial charge in [0.05, 0.1) is 17.7 Å². The summed E-state index contributed by atoms with van der Waals surface area (Å²) >= 11 is 0. The predicted octanol–water partition coefficient (Wildman–Crippen LogP) is 10.3.